The highest BCUT2D eigenvalue weighted by atomic mass is 32.2. The number of hydrogen-bond donors (Lipinski definition) is 0. The van der Waals surface area contributed by atoms with Gasteiger partial charge >= 0.3 is 0 Å². The van der Waals surface area contributed by atoms with Gasteiger partial charge in [0.05, 0.1) is 11.4 Å². The Kier molecular flexibility index (Phi) is 4.94. The molecular weight excluding hydrogens is 410 g/mol. The summed E-state index contributed by atoms with van der Waals surface area (Å²) in [6.45, 7) is 4.18. The average Bonchev–Trinajstić information content (AvgIpc) is 3.08. The van der Waals surface area contributed by atoms with Crippen LogP contribution in [0.4, 0.5) is 5.69 Å². The lowest BCUT2D eigenvalue weighted by Crippen LogP contribution is -2.41. The van der Waals surface area contributed by atoms with E-state index in [0.29, 0.717) is 40.4 Å². The highest BCUT2D eigenvalue weighted by Crippen LogP contribution is 2.35. The highest BCUT2D eigenvalue weighted by Gasteiger charge is 2.41. The third-order valence-corrected chi connectivity index (χ3v) is 6.19. The number of fused-ring (bicyclic) bond motifs is 4. The SMILES string of the molecule is CC(C)CC1N=C2c3ccccc3N=C(SCc3cc(=O)n4ccccc4n3)N2C1=O. The molecule has 2 aliphatic heterocycles. The lowest BCUT2D eigenvalue weighted by atomic mass is 10.0. The van der Waals surface area contributed by atoms with Crippen molar-refractivity contribution < 1.29 is 4.79 Å². The van der Waals surface area contributed by atoms with Crippen LogP contribution in [0.2, 0.25) is 0 Å². The van der Waals surface area contributed by atoms with E-state index in [4.69, 9.17) is 9.98 Å². The summed E-state index contributed by atoms with van der Waals surface area (Å²) < 4.78 is 1.51. The summed E-state index contributed by atoms with van der Waals surface area (Å²) in [5, 5.41) is 0.573. The first kappa shape index (κ1) is 19.7. The summed E-state index contributed by atoms with van der Waals surface area (Å²) >= 11 is 1.40. The fourth-order valence-electron chi connectivity index (χ4n) is 3.81. The van der Waals surface area contributed by atoms with E-state index in [-0.39, 0.29) is 11.5 Å². The first-order chi connectivity index (χ1) is 15.0. The Morgan fingerprint density at radius 2 is 1.90 bits per heavy atom. The van der Waals surface area contributed by atoms with Crippen LogP contribution in [0.3, 0.4) is 0 Å². The minimum atomic E-state index is -0.393. The fourth-order valence-corrected chi connectivity index (χ4v) is 4.71. The molecule has 3 aromatic rings. The molecule has 2 aliphatic rings. The molecule has 0 N–H and O–H groups in total. The number of amides is 1. The number of hydrogen-bond acceptors (Lipinski definition) is 6. The lowest BCUT2D eigenvalue weighted by molar-refractivity contribution is -0.124. The molecule has 0 spiro atoms. The van der Waals surface area contributed by atoms with Gasteiger partial charge in [0, 0.05) is 23.6 Å². The van der Waals surface area contributed by atoms with Gasteiger partial charge in [-0.15, -0.1) is 0 Å². The number of para-hydroxylation sites is 1. The quantitative estimate of drug-likeness (QED) is 0.632. The molecule has 1 unspecified atom stereocenters. The number of benzene rings is 1. The first-order valence-corrected chi connectivity index (χ1v) is 11.2. The van der Waals surface area contributed by atoms with Gasteiger partial charge in [-0.2, -0.15) is 0 Å². The summed E-state index contributed by atoms with van der Waals surface area (Å²) in [4.78, 5) is 41.3. The minimum absolute atomic E-state index is 0.0454. The Balaban J connectivity index is 1.48. The predicted octanol–water partition coefficient (Wildman–Crippen LogP) is 3.63. The van der Waals surface area contributed by atoms with Crippen molar-refractivity contribution in [3.63, 3.8) is 0 Å². The van der Waals surface area contributed by atoms with E-state index in [0.717, 1.165) is 11.3 Å². The highest BCUT2D eigenvalue weighted by molar-refractivity contribution is 8.13. The Labute approximate surface area is 183 Å². The van der Waals surface area contributed by atoms with E-state index in [2.05, 4.69) is 18.8 Å². The van der Waals surface area contributed by atoms with E-state index < -0.39 is 6.04 Å². The van der Waals surface area contributed by atoms with Gasteiger partial charge in [0.1, 0.15) is 17.5 Å². The monoisotopic (exact) mass is 431 g/mol. The van der Waals surface area contributed by atoms with Crippen LogP contribution in [-0.2, 0) is 10.5 Å². The largest absolute Gasteiger partial charge is 0.271 e. The number of pyridine rings is 1. The Bertz CT molecular complexity index is 1310. The van der Waals surface area contributed by atoms with Gasteiger partial charge in [0.25, 0.3) is 11.5 Å². The minimum Gasteiger partial charge on any atom is -0.271 e. The van der Waals surface area contributed by atoms with Crippen LogP contribution in [0, 0.1) is 5.92 Å². The van der Waals surface area contributed by atoms with Crippen LogP contribution < -0.4 is 5.56 Å². The molecule has 156 valence electrons. The summed E-state index contributed by atoms with van der Waals surface area (Å²) in [5.74, 6) is 1.40. The van der Waals surface area contributed by atoms with Crippen molar-refractivity contribution in [3.05, 3.63) is 76.3 Å². The van der Waals surface area contributed by atoms with Gasteiger partial charge in [-0.05, 0) is 36.6 Å². The second kappa shape index (κ2) is 7.77. The van der Waals surface area contributed by atoms with Crippen molar-refractivity contribution >= 4 is 40.0 Å². The van der Waals surface area contributed by atoms with Crippen molar-refractivity contribution in [1.82, 2.24) is 14.3 Å². The number of carbonyl (C=O) groups is 1. The Morgan fingerprint density at radius 1 is 1.10 bits per heavy atom. The molecular formula is C23H21N5O2S. The number of aliphatic imine (C=N–C) groups is 2. The molecule has 7 nitrogen and oxygen atoms in total. The van der Waals surface area contributed by atoms with Crippen molar-refractivity contribution in [1.29, 1.82) is 0 Å². The molecule has 31 heavy (non-hydrogen) atoms. The lowest BCUT2D eigenvalue weighted by Gasteiger charge is -2.25. The smallest absolute Gasteiger partial charge is 0.259 e. The zero-order valence-corrected chi connectivity index (χ0v) is 18.0. The molecule has 4 heterocycles. The maximum absolute atomic E-state index is 13.2. The van der Waals surface area contributed by atoms with E-state index >= 15 is 0 Å². The van der Waals surface area contributed by atoms with Crippen LogP contribution >= 0.6 is 11.8 Å². The van der Waals surface area contributed by atoms with Gasteiger partial charge in [-0.3, -0.25) is 19.0 Å². The number of thioether (sulfide) groups is 1. The van der Waals surface area contributed by atoms with E-state index in [1.807, 2.05) is 30.3 Å². The van der Waals surface area contributed by atoms with Crippen LogP contribution in [-0.4, -0.2) is 37.2 Å². The second-order valence-electron chi connectivity index (χ2n) is 7.99. The van der Waals surface area contributed by atoms with Crippen LogP contribution in [0.5, 0.6) is 0 Å². The maximum Gasteiger partial charge on any atom is 0.259 e. The third kappa shape index (κ3) is 3.57. The number of nitrogens with zero attached hydrogens (tertiary/aromatic N) is 5. The van der Waals surface area contributed by atoms with Gasteiger partial charge in [-0.1, -0.05) is 43.8 Å². The molecule has 0 saturated heterocycles. The van der Waals surface area contributed by atoms with Gasteiger partial charge < -0.3 is 0 Å². The first-order valence-electron chi connectivity index (χ1n) is 10.2. The van der Waals surface area contributed by atoms with Crippen molar-refractivity contribution in [3.8, 4) is 0 Å². The number of amidine groups is 2. The molecule has 1 amide bonds. The molecule has 1 atom stereocenters. The van der Waals surface area contributed by atoms with Crippen molar-refractivity contribution in [2.24, 2.45) is 15.9 Å². The predicted molar refractivity (Wildman–Crippen MR) is 123 cm³/mol. The van der Waals surface area contributed by atoms with Gasteiger partial charge in [-0.25, -0.2) is 14.9 Å². The van der Waals surface area contributed by atoms with E-state index in [9.17, 15) is 9.59 Å². The number of rotatable bonds is 4. The molecule has 1 aromatic carbocycles. The van der Waals surface area contributed by atoms with Gasteiger partial charge in [0.15, 0.2) is 5.17 Å². The molecule has 0 aliphatic carbocycles. The Hall–Kier alpha value is -3.26. The molecule has 0 radical (unpaired) electrons. The molecule has 0 fully saturated rings. The summed E-state index contributed by atoms with van der Waals surface area (Å²) in [6, 6.07) is 14.3. The Morgan fingerprint density at radius 3 is 2.74 bits per heavy atom. The van der Waals surface area contributed by atoms with Crippen LogP contribution in [0.1, 0.15) is 31.5 Å². The fraction of sp³-hybridized carbons (Fsp3) is 0.261. The molecule has 0 bridgehead atoms. The molecule has 5 rings (SSSR count). The number of aromatic nitrogens is 2. The molecule has 8 heteroatoms. The summed E-state index contributed by atoms with van der Waals surface area (Å²) in [6.07, 6.45) is 2.40. The summed E-state index contributed by atoms with van der Waals surface area (Å²) in [5.41, 5.74) is 2.77. The standard InChI is InChI=1S/C23H21N5O2S/c1-14(2)11-18-22(30)28-21(25-18)16-7-3-4-8-17(16)26-23(28)31-13-15-12-20(29)27-10-6-5-9-19(27)24-15/h3-10,12,14,18H,11,13H2,1-2H3. The van der Waals surface area contributed by atoms with Gasteiger partial charge in [0.2, 0.25) is 0 Å². The maximum atomic E-state index is 13.2. The third-order valence-electron chi connectivity index (χ3n) is 5.22. The zero-order valence-electron chi connectivity index (χ0n) is 17.2. The topological polar surface area (TPSA) is 79.4 Å². The normalized spacial score (nSPS) is 17.6. The molecule has 0 saturated carbocycles. The van der Waals surface area contributed by atoms with Crippen LogP contribution in [0.25, 0.3) is 5.65 Å². The van der Waals surface area contributed by atoms with Crippen molar-refractivity contribution in [2.45, 2.75) is 32.1 Å². The van der Waals surface area contributed by atoms with Crippen LogP contribution in [0.15, 0.2) is 69.5 Å². The van der Waals surface area contributed by atoms with E-state index in [1.165, 1.54) is 22.2 Å². The van der Waals surface area contributed by atoms with Crippen molar-refractivity contribution in [2.75, 3.05) is 0 Å². The second-order valence-corrected chi connectivity index (χ2v) is 8.93. The summed E-state index contributed by atoms with van der Waals surface area (Å²) in [7, 11) is 0. The number of carbonyl (C=O) groups excluding carboxylic acids is 1. The molecule has 2 aromatic heterocycles. The van der Waals surface area contributed by atoms with E-state index in [1.54, 1.807) is 23.2 Å². The average molecular weight is 432 g/mol. The zero-order chi connectivity index (χ0) is 21.5.